The van der Waals surface area contributed by atoms with Gasteiger partial charge in [-0.15, -0.1) is 10.2 Å². The lowest BCUT2D eigenvalue weighted by Crippen LogP contribution is -2.66. The smallest absolute Gasteiger partial charge is 0.245 e. The van der Waals surface area contributed by atoms with Gasteiger partial charge in [-0.2, -0.15) is 0 Å². The quantitative estimate of drug-likeness (QED) is 0.502. The Kier molecular flexibility index (Phi) is 4.78. The monoisotopic (exact) mass is 511 g/mol. The molecule has 0 unspecified atom stereocenters. The zero-order chi connectivity index (χ0) is 28.4. The van der Waals surface area contributed by atoms with Crippen LogP contribution in [0.25, 0.3) is 22.4 Å². The van der Waals surface area contributed by atoms with E-state index in [1.807, 2.05) is 11.8 Å². The van der Waals surface area contributed by atoms with Crippen LogP contribution in [0.15, 0.2) is 36.7 Å². The van der Waals surface area contributed by atoms with Crippen molar-refractivity contribution >= 4 is 5.95 Å². The lowest BCUT2D eigenvalue weighted by molar-refractivity contribution is 0.0828. The fourth-order valence-corrected chi connectivity index (χ4v) is 6.00. The average molecular weight is 512 g/mol. The minimum absolute atomic E-state index is 0.00911. The van der Waals surface area contributed by atoms with Gasteiger partial charge in [0, 0.05) is 34.3 Å². The van der Waals surface area contributed by atoms with Crippen molar-refractivity contribution in [3.05, 3.63) is 42.5 Å². The lowest BCUT2D eigenvalue weighted by atomic mass is 9.82. The summed E-state index contributed by atoms with van der Waals surface area (Å²) in [4.78, 5) is 10.2. The molecule has 4 heterocycles. The van der Waals surface area contributed by atoms with Gasteiger partial charge in [0.15, 0.2) is 0 Å². The Labute approximate surface area is 218 Å². The first-order chi connectivity index (χ1) is 18.8. The Morgan fingerprint density at radius 3 is 2.68 bits per heavy atom. The van der Waals surface area contributed by atoms with Gasteiger partial charge >= 0.3 is 0 Å². The Morgan fingerprint density at radius 1 is 1.14 bits per heavy atom. The summed E-state index contributed by atoms with van der Waals surface area (Å²) in [6, 6.07) is 5.40. The van der Waals surface area contributed by atoms with E-state index in [0.29, 0.717) is 23.6 Å². The van der Waals surface area contributed by atoms with Gasteiger partial charge in [-0.25, -0.2) is 18.7 Å². The number of nitrogens with one attached hydrogen (secondary N) is 1. The first kappa shape index (κ1) is 20.6. The maximum absolute atomic E-state index is 15.8. The molecule has 3 aliphatic rings. The molecule has 2 aromatic heterocycles. The van der Waals surface area contributed by atoms with Crippen LogP contribution in [0.2, 0.25) is 0 Å². The maximum atomic E-state index is 15.8. The van der Waals surface area contributed by atoms with E-state index in [4.69, 9.17) is 8.85 Å². The number of anilines is 1. The molecule has 10 heteroatoms. The van der Waals surface area contributed by atoms with Gasteiger partial charge in [-0.05, 0) is 63.6 Å². The molecule has 0 radical (unpaired) electrons. The van der Waals surface area contributed by atoms with E-state index in [1.165, 1.54) is 12.3 Å². The first-order valence-electron chi connectivity index (χ1n) is 13.9. The van der Waals surface area contributed by atoms with E-state index >= 15 is 4.39 Å². The Balaban J connectivity index is 1.26. The van der Waals surface area contributed by atoms with Crippen molar-refractivity contribution in [1.82, 2.24) is 25.5 Å². The van der Waals surface area contributed by atoms with Crippen LogP contribution in [-0.4, -0.2) is 61.6 Å². The van der Waals surface area contributed by atoms with Gasteiger partial charge in [-0.1, -0.05) is 6.07 Å². The molecule has 0 spiro atoms. The van der Waals surface area contributed by atoms with E-state index in [9.17, 15) is 9.50 Å². The van der Waals surface area contributed by atoms with Crippen molar-refractivity contribution in [1.29, 1.82) is 0 Å². The summed E-state index contributed by atoms with van der Waals surface area (Å²) in [5.41, 5.74) is 0.195. The van der Waals surface area contributed by atoms with Gasteiger partial charge in [0.2, 0.25) is 11.8 Å². The van der Waals surface area contributed by atoms with Crippen LogP contribution in [0, 0.1) is 5.82 Å². The largest absolute Gasteiger partial charge is 0.507 e. The van der Waals surface area contributed by atoms with Crippen molar-refractivity contribution < 1.29 is 22.7 Å². The van der Waals surface area contributed by atoms with Crippen molar-refractivity contribution in [3.63, 3.8) is 0 Å². The standard InChI is InChI=1S/C27H30F2N6O2/c1-26-8-9-27(2,34-26)24(29)21(12-26)35(16-5-6-16)25-31-14-20(32-33-25)17-7-4-15(10-22(17)36)18-11-23(37-3)30-13-19(18)28/h4,7,10-11,13-14,16,21,24,34,36H,5-6,8-9,12H2,1-3H3/t21-,24-,26-,27+/m0/s1/i3D3. The summed E-state index contributed by atoms with van der Waals surface area (Å²) in [7, 11) is -2.74. The van der Waals surface area contributed by atoms with Crippen LogP contribution < -0.4 is 15.0 Å². The highest BCUT2D eigenvalue weighted by Crippen LogP contribution is 2.47. The number of ether oxygens (including phenoxy) is 1. The molecule has 2 N–H and O–H groups in total. The highest BCUT2D eigenvalue weighted by Gasteiger charge is 2.58. The number of phenolic OH excluding ortho intramolecular Hbond substituents is 1. The number of halogens is 2. The number of methoxy groups -OCH3 is 1. The number of benzene rings is 1. The van der Waals surface area contributed by atoms with Crippen LogP contribution in [0.4, 0.5) is 14.7 Å². The Hall–Kier alpha value is -3.40. The second-order valence-corrected chi connectivity index (χ2v) is 10.9. The number of rotatable bonds is 6. The molecule has 2 aliphatic heterocycles. The Bertz CT molecular complexity index is 1440. The number of hydrogen-bond donors (Lipinski definition) is 2. The molecular formula is C27H30F2N6O2. The number of piperidine rings is 1. The van der Waals surface area contributed by atoms with Crippen LogP contribution in [0.1, 0.15) is 50.1 Å². The van der Waals surface area contributed by atoms with Crippen molar-refractivity contribution in [2.75, 3.05) is 11.9 Å². The van der Waals surface area contributed by atoms with E-state index in [-0.39, 0.29) is 40.4 Å². The van der Waals surface area contributed by atoms with Gasteiger partial charge < -0.3 is 20.1 Å². The molecule has 194 valence electrons. The fraction of sp³-hybridized carbons (Fsp3) is 0.481. The van der Waals surface area contributed by atoms with Crippen molar-refractivity contribution in [2.24, 2.45) is 0 Å². The van der Waals surface area contributed by atoms with Crippen LogP contribution in [0.5, 0.6) is 11.6 Å². The number of fused-ring (bicyclic) bond motifs is 2. The van der Waals surface area contributed by atoms with Crippen molar-refractivity contribution in [3.8, 4) is 34.0 Å². The second-order valence-electron chi connectivity index (χ2n) is 10.9. The zero-order valence-corrected chi connectivity index (χ0v) is 20.6. The summed E-state index contributed by atoms with van der Waals surface area (Å²) in [5.74, 6) is -0.819. The van der Waals surface area contributed by atoms with Crippen LogP contribution in [-0.2, 0) is 0 Å². The molecule has 8 nitrogen and oxygen atoms in total. The summed E-state index contributed by atoms with van der Waals surface area (Å²) < 4.78 is 56.8. The minimum Gasteiger partial charge on any atom is -0.507 e. The molecule has 2 bridgehead atoms. The van der Waals surface area contributed by atoms with E-state index in [1.54, 1.807) is 12.1 Å². The predicted molar refractivity (Wildman–Crippen MR) is 135 cm³/mol. The normalized spacial score (nSPS) is 30.3. The molecule has 3 fully saturated rings. The lowest BCUT2D eigenvalue weighted by Gasteiger charge is -2.48. The third-order valence-electron chi connectivity index (χ3n) is 7.99. The van der Waals surface area contributed by atoms with Crippen LogP contribution >= 0.6 is 0 Å². The second kappa shape index (κ2) is 8.58. The number of phenols is 1. The SMILES string of the molecule is [2H]C([2H])([2H])Oc1cc(-c2ccc(-c3cnc(N(C4CC4)[C@H]4C[C@]5(C)CC[C@@](C)(N5)[C@H]4F)nn3)c(O)c2)c(F)cn1. The average Bonchev–Trinajstić information content (AvgIpc) is 3.68. The summed E-state index contributed by atoms with van der Waals surface area (Å²) in [6.07, 6.45) is 5.52. The number of pyridine rings is 1. The van der Waals surface area contributed by atoms with Gasteiger partial charge in [0.1, 0.15) is 23.4 Å². The van der Waals surface area contributed by atoms with Gasteiger partial charge in [-0.3, -0.25) is 0 Å². The fourth-order valence-electron chi connectivity index (χ4n) is 6.00. The van der Waals surface area contributed by atoms with E-state index in [0.717, 1.165) is 37.9 Å². The predicted octanol–water partition coefficient (Wildman–Crippen LogP) is 4.43. The summed E-state index contributed by atoms with van der Waals surface area (Å²) in [6.45, 7) is 4.10. The van der Waals surface area contributed by atoms with Gasteiger partial charge in [0.05, 0.1) is 29.6 Å². The van der Waals surface area contributed by atoms with Crippen molar-refractivity contribution in [2.45, 2.75) is 75.3 Å². The molecule has 3 aromatic rings. The highest BCUT2D eigenvalue weighted by atomic mass is 19.1. The highest BCUT2D eigenvalue weighted by molar-refractivity contribution is 5.74. The maximum Gasteiger partial charge on any atom is 0.245 e. The number of aromatic hydroxyl groups is 1. The third kappa shape index (κ3) is 4.17. The van der Waals surface area contributed by atoms with E-state index in [2.05, 4.69) is 32.4 Å². The minimum atomic E-state index is -2.74. The van der Waals surface area contributed by atoms with E-state index < -0.39 is 24.6 Å². The third-order valence-corrected chi connectivity index (χ3v) is 7.99. The Morgan fingerprint density at radius 2 is 1.97 bits per heavy atom. The molecule has 37 heavy (non-hydrogen) atoms. The molecule has 6 rings (SSSR count). The number of alkyl halides is 1. The number of nitrogens with zero attached hydrogens (tertiary/aromatic N) is 5. The number of hydrogen-bond acceptors (Lipinski definition) is 8. The first-order valence-corrected chi connectivity index (χ1v) is 12.4. The van der Waals surface area contributed by atoms with Gasteiger partial charge in [0.25, 0.3) is 0 Å². The zero-order valence-electron chi connectivity index (χ0n) is 23.6. The molecule has 4 atom stereocenters. The molecule has 1 aliphatic carbocycles. The molecule has 0 amide bonds. The molecular weight excluding hydrogens is 478 g/mol. The summed E-state index contributed by atoms with van der Waals surface area (Å²) in [5, 5.41) is 22.9. The molecule has 1 aromatic carbocycles. The number of aromatic nitrogens is 4. The summed E-state index contributed by atoms with van der Waals surface area (Å²) >= 11 is 0. The molecule has 2 saturated heterocycles. The molecule has 1 saturated carbocycles. The van der Waals surface area contributed by atoms with Crippen LogP contribution in [0.3, 0.4) is 0 Å². The topological polar surface area (TPSA) is 96.3 Å².